The summed E-state index contributed by atoms with van der Waals surface area (Å²) in [4.78, 5) is 0. The van der Waals surface area contributed by atoms with Gasteiger partial charge in [0, 0.05) is 9.47 Å². The maximum absolute atomic E-state index is 5.71. The Morgan fingerprint density at radius 2 is 1.44 bits per heavy atom. The van der Waals surface area contributed by atoms with Gasteiger partial charge in [0.25, 0.3) is 0 Å². The smallest absolute Gasteiger partial charge is 0.0641 e. The fraction of sp³-hybridized carbons (Fsp3) is 1.00. The molecule has 0 radical (unpaired) electrons. The quantitative estimate of drug-likeness (QED) is 0.648. The van der Waals surface area contributed by atoms with Gasteiger partial charge in [-0.05, 0) is 31.1 Å². The Kier molecular flexibility index (Phi) is 5.59. The SMILES string of the molecule is POC(CC1CCCCC1)C1CCCCC1. The van der Waals surface area contributed by atoms with Gasteiger partial charge in [0.15, 0.2) is 0 Å². The van der Waals surface area contributed by atoms with Crippen molar-refractivity contribution < 1.29 is 4.52 Å². The van der Waals surface area contributed by atoms with E-state index >= 15 is 0 Å². The molecule has 94 valence electrons. The molecule has 0 amide bonds. The Morgan fingerprint density at radius 3 is 2.00 bits per heavy atom. The lowest BCUT2D eigenvalue weighted by Crippen LogP contribution is -2.26. The van der Waals surface area contributed by atoms with Crippen LogP contribution in [0.3, 0.4) is 0 Å². The molecule has 2 unspecified atom stereocenters. The molecule has 16 heavy (non-hydrogen) atoms. The van der Waals surface area contributed by atoms with E-state index in [4.69, 9.17) is 4.52 Å². The lowest BCUT2D eigenvalue weighted by atomic mass is 9.78. The van der Waals surface area contributed by atoms with Gasteiger partial charge in [-0.2, -0.15) is 0 Å². The van der Waals surface area contributed by atoms with Crippen LogP contribution in [-0.2, 0) is 4.52 Å². The molecule has 2 fully saturated rings. The number of rotatable bonds is 4. The van der Waals surface area contributed by atoms with E-state index in [-0.39, 0.29) is 0 Å². The van der Waals surface area contributed by atoms with E-state index in [0.717, 1.165) is 11.8 Å². The van der Waals surface area contributed by atoms with Crippen LogP contribution in [0.5, 0.6) is 0 Å². The molecule has 0 saturated heterocycles. The summed E-state index contributed by atoms with van der Waals surface area (Å²) in [5, 5.41) is 0. The average Bonchev–Trinajstić information content (AvgIpc) is 2.38. The standard InChI is InChI=1S/C14H27OP/c16-15-14(13-9-5-2-6-10-13)11-12-7-3-1-4-8-12/h12-14H,1-11,16H2. The minimum absolute atomic E-state index is 0.536. The van der Waals surface area contributed by atoms with Crippen LogP contribution in [0.25, 0.3) is 0 Å². The van der Waals surface area contributed by atoms with Crippen LogP contribution in [0.2, 0.25) is 0 Å². The Labute approximate surface area is 103 Å². The topological polar surface area (TPSA) is 9.23 Å². The highest BCUT2D eigenvalue weighted by molar-refractivity contribution is 7.09. The van der Waals surface area contributed by atoms with Crippen molar-refractivity contribution in [2.45, 2.75) is 76.7 Å². The van der Waals surface area contributed by atoms with Gasteiger partial charge in [0.1, 0.15) is 0 Å². The predicted molar refractivity (Wildman–Crippen MR) is 72.4 cm³/mol. The summed E-state index contributed by atoms with van der Waals surface area (Å²) in [6.45, 7) is 0. The van der Waals surface area contributed by atoms with Crippen molar-refractivity contribution >= 4 is 9.47 Å². The van der Waals surface area contributed by atoms with Crippen molar-refractivity contribution in [3.63, 3.8) is 0 Å². The average molecular weight is 242 g/mol. The predicted octanol–water partition coefficient (Wildman–Crippen LogP) is 4.71. The van der Waals surface area contributed by atoms with E-state index in [0.29, 0.717) is 6.10 Å². The number of hydrogen-bond acceptors (Lipinski definition) is 1. The Morgan fingerprint density at radius 1 is 0.875 bits per heavy atom. The van der Waals surface area contributed by atoms with Crippen molar-refractivity contribution in [1.29, 1.82) is 0 Å². The van der Waals surface area contributed by atoms with E-state index in [2.05, 4.69) is 9.47 Å². The summed E-state index contributed by atoms with van der Waals surface area (Å²) in [5.74, 6) is 1.81. The van der Waals surface area contributed by atoms with E-state index in [1.807, 2.05) is 0 Å². The molecule has 2 aliphatic rings. The first kappa shape index (κ1) is 12.8. The molecular weight excluding hydrogens is 215 g/mol. The monoisotopic (exact) mass is 242 g/mol. The molecule has 0 bridgehead atoms. The van der Waals surface area contributed by atoms with E-state index in [1.54, 1.807) is 0 Å². The molecule has 0 spiro atoms. The molecule has 2 heteroatoms. The lowest BCUT2D eigenvalue weighted by Gasteiger charge is -2.32. The molecule has 0 aromatic carbocycles. The summed E-state index contributed by atoms with van der Waals surface area (Å²) in [7, 11) is 2.53. The van der Waals surface area contributed by atoms with Gasteiger partial charge in [0.2, 0.25) is 0 Å². The van der Waals surface area contributed by atoms with Crippen molar-refractivity contribution in [2.24, 2.45) is 11.8 Å². The minimum Gasteiger partial charge on any atom is -0.362 e. The maximum atomic E-state index is 5.71. The molecular formula is C14H27OP. The van der Waals surface area contributed by atoms with Crippen molar-refractivity contribution in [1.82, 2.24) is 0 Å². The second-order valence-corrected chi connectivity index (χ2v) is 6.08. The molecule has 0 heterocycles. The van der Waals surface area contributed by atoms with Gasteiger partial charge >= 0.3 is 0 Å². The van der Waals surface area contributed by atoms with E-state index < -0.39 is 0 Å². The van der Waals surface area contributed by atoms with Crippen LogP contribution in [0.1, 0.15) is 70.6 Å². The zero-order valence-electron chi connectivity index (χ0n) is 10.5. The molecule has 0 N–H and O–H groups in total. The second-order valence-electron chi connectivity index (χ2n) is 5.81. The van der Waals surface area contributed by atoms with Crippen LogP contribution in [-0.4, -0.2) is 6.10 Å². The van der Waals surface area contributed by atoms with Crippen LogP contribution in [0.4, 0.5) is 0 Å². The molecule has 2 saturated carbocycles. The molecule has 0 aromatic heterocycles. The highest BCUT2D eigenvalue weighted by atomic mass is 31.0. The molecule has 2 atom stereocenters. The van der Waals surface area contributed by atoms with Crippen molar-refractivity contribution in [2.75, 3.05) is 0 Å². The summed E-state index contributed by atoms with van der Waals surface area (Å²) in [6, 6.07) is 0. The highest BCUT2D eigenvalue weighted by Crippen LogP contribution is 2.35. The first-order valence-electron chi connectivity index (χ1n) is 7.25. The molecule has 2 aliphatic carbocycles. The second kappa shape index (κ2) is 6.97. The van der Waals surface area contributed by atoms with E-state index in [9.17, 15) is 0 Å². The Bertz CT molecular complexity index is 183. The van der Waals surface area contributed by atoms with Gasteiger partial charge in [-0.25, -0.2) is 0 Å². The zero-order valence-corrected chi connectivity index (χ0v) is 11.7. The molecule has 0 aliphatic heterocycles. The van der Waals surface area contributed by atoms with Crippen LogP contribution >= 0.6 is 9.47 Å². The molecule has 0 aromatic rings. The third-order valence-corrected chi connectivity index (χ3v) is 4.99. The van der Waals surface area contributed by atoms with Gasteiger partial charge in [-0.1, -0.05) is 51.4 Å². The Balaban J connectivity index is 1.78. The van der Waals surface area contributed by atoms with Gasteiger partial charge in [0.05, 0.1) is 6.10 Å². The van der Waals surface area contributed by atoms with Gasteiger partial charge in [-0.3, -0.25) is 0 Å². The fourth-order valence-electron chi connectivity index (χ4n) is 3.62. The first-order valence-corrected chi connectivity index (χ1v) is 7.73. The van der Waals surface area contributed by atoms with Crippen LogP contribution in [0, 0.1) is 11.8 Å². The highest BCUT2D eigenvalue weighted by Gasteiger charge is 2.26. The summed E-state index contributed by atoms with van der Waals surface area (Å²) < 4.78 is 5.71. The summed E-state index contributed by atoms with van der Waals surface area (Å²) in [6.07, 6.45) is 16.3. The third kappa shape index (κ3) is 3.70. The van der Waals surface area contributed by atoms with E-state index in [1.165, 1.54) is 70.6 Å². The minimum atomic E-state index is 0.536. The summed E-state index contributed by atoms with van der Waals surface area (Å²) >= 11 is 0. The lowest BCUT2D eigenvalue weighted by molar-refractivity contribution is 0.0945. The van der Waals surface area contributed by atoms with Crippen LogP contribution < -0.4 is 0 Å². The van der Waals surface area contributed by atoms with Gasteiger partial charge < -0.3 is 4.52 Å². The van der Waals surface area contributed by atoms with Crippen molar-refractivity contribution in [3.8, 4) is 0 Å². The molecule has 2 rings (SSSR count). The normalized spacial score (nSPS) is 26.8. The fourth-order valence-corrected chi connectivity index (χ4v) is 3.95. The zero-order chi connectivity index (χ0) is 11.2. The maximum Gasteiger partial charge on any atom is 0.0641 e. The van der Waals surface area contributed by atoms with Crippen molar-refractivity contribution in [3.05, 3.63) is 0 Å². The third-order valence-electron chi connectivity index (χ3n) is 4.64. The Hall–Kier alpha value is 0.390. The van der Waals surface area contributed by atoms with Crippen LogP contribution in [0.15, 0.2) is 0 Å². The molecule has 1 nitrogen and oxygen atoms in total. The summed E-state index contributed by atoms with van der Waals surface area (Å²) in [5.41, 5.74) is 0. The first-order chi connectivity index (χ1) is 7.90. The number of hydrogen-bond donors (Lipinski definition) is 0. The largest absolute Gasteiger partial charge is 0.362 e. The van der Waals surface area contributed by atoms with Gasteiger partial charge in [-0.15, -0.1) is 0 Å².